The largest absolute Gasteiger partial charge is 0.502 e. The number of benzene rings is 2. The summed E-state index contributed by atoms with van der Waals surface area (Å²) >= 11 is 0. The van der Waals surface area contributed by atoms with Gasteiger partial charge in [0.05, 0.1) is 4.92 Å². The van der Waals surface area contributed by atoms with Crippen LogP contribution in [-0.2, 0) is 6.54 Å². The van der Waals surface area contributed by atoms with Crippen LogP contribution >= 0.6 is 0 Å². The number of aromatic hydroxyl groups is 1. The second kappa shape index (κ2) is 12.0. The number of hydrogen-bond acceptors (Lipinski definition) is 3. The number of rotatable bonds is 12. The summed E-state index contributed by atoms with van der Waals surface area (Å²) in [5, 5.41) is 22.6. The minimum atomic E-state index is -0.564. The molecule has 0 aliphatic carbocycles. The van der Waals surface area contributed by atoms with Crippen molar-refractivity contribution >= 4 is 28.7 Å². The summed E-state index contributed by atoms with van der Waals surface area (Å²) in [4.78, 5) is 10.5. The van der Waals surface area contributed by atoms with E-state index in [1.807, 2.05) is 18.2 Å². The maximum atomic E-state index is 11.1. The molecular formula is C27H33N2O3+. The number of phenolic OH excluding ortho intramolecular Hbond substituents is 1. The molecule has 1 N–H and O–H groups in total. The molecule has 0 bridgehead atoms. The molecule has 5 nitrogen and oxygen atoms in total. The van der Waals surface area contributed by atoms with E-state index in [2.05, 4.69) is 35.8 Å². The smallest absolute Gasteiger partial charge is 0.311 e. The van der Waals surface area contributed by atoms with E-state index in [1.54, 1.807) is 18.2 Å². The zero-order valence-electron chi connectivity index (χ0n) is 18.9. The molecule has 5 heteroatoms. The van der Waals surface area contributed by atoms with Crippen LogP contribution < -0.4 is 4.57 Å². The standard InChI is InChI=1S/C27H32N2O3/c1-2-3-4-5-6-7-8-11-21-28-24(19-17-22-13-9-10-15-25(22)28)20-18-23-14-12-16-26(27(23)30)29(31)32/h9-10,12-20H,2-8,11,21H2,1H3/p+1. The first-order chi connectivity index (χ1) is 15.6. The first-order valence-electron chi connectivity index (χ1n) is 11.7. The summed E-state index contributed by atoms with van der Waals surface area (Å²) in [6, 6.07) is 17.1. The van der Waals surface area contributed by atoms with Crippen LogP contribution in [0.25, 0.3) is 23.1 Å². The van der Waals surface area contributed by atoms with Crippen molar-refractivity contribution in [3.05, 3.63) is 76.0 Å². The van der Waals surface area contributed by atoms with Crippen LogP contribution in [0.3, 0.4) is 0 Å². The number of para-hydroxylation sites is 2. The Morgan fingerprint density at radius 2 is 1.59 bits per heavy atom. The summed E-state index contributed by atoms with van der Waals surface area (Å²) < 4.78 is 2.30. The number of pyridine rings is 1. The average molecular weight is 434 g/mol. The second-order valence-corrected chi connectivity index (χ2v) is 8.25. The first kappa shape index (κ1) is 23.5. The molecule has 0 radical (unpaired) electrons. The number of nitro benzene ring substituents is 1. The molecule has 32 heavy (non-hydrogen) atoms. The Bertz CT molecular complexity index is 1080. The zero-order chi connectivity index (χ0) is 22.8. The molecule has 0 atom stereocenters. The number of nitrogens with zero attached hydrogens (tertiary/aromatic N) is 2. The Morgan fingerprint density at radius 1 is 0.875 bits per heavy atom. The quantitative estimate of drug-likeness (QED) is 0.144. The fourth-order valence-electron chi connectivity index (χ4n) is 4.08. The van der Waals surface area contributed by atoms with E-state index >= 15 is 0 Å². The molecule has 168 valence electrons. The molecule has 0 saturated heterocycles. The number of fused-ring (bicyclic) bond motifs is 1. The SMILES string of the molecule is CCCCCCCCCC[n+]1c(C=Cc2cccc([N+](=O)[O-])c2O)ccc2ccccc21. The van der Waals surface area contributed by atoms with E-state index in [0.29, 0.717) is 5.56 Å². The molecule has 0 aliphatic rings. The third-order valence-electron chi connectivity index (χ3n) is 5.88. The minimum Gasteiger partial charge on any atom is -0.502 e. The van der Waals surface area contributed by atoms with Crippen molar-refractivity contribution in [2.45, 2.75) is 64.8 Å². The van der Waals surface area contributed by atoms with Gasteiger partial charge < -0.3 is 5.11 Å². The van der Waals surface area contributed by atoms with Gasteiger partial charge in [0.15, 0.2) is 0 Å². The summed E-state index contributed by atoms with van der Waals surface area (Å²) in [6.07, 6.45) is 13.8. The van der Waals surface area contributed by atoms with E-state index in [0.717, 1.165) is 18.7 Å². The number of nitro groups is 1. The Labute approximate surface area is 190 Å². The van der Waals surface area contributed by atoms with Gasteiger partial charge >= 0.3 is 5.69 Å². The Balaban J connectivity index is 1.76. The van der Waals surface area contributed by atoms with Crippen LogP contribution in [0.1, 0.15) is 69.5 Å². The van der Waals surface area contributed by atoms with Gasteiger partial charge in [0.25, 0.3) is 0 Å². The van der Waals surface area contributed by atoms with Gasteiger partial charge in [-0.25, -0.2) is 0 Å². The second-order valence-electron chi connectivity index (χ2n) is 8.25. The topological polar surface area (TPSA) is 67.2 Å². The van der Waals surface area contributed by atoms with Crippen molar-refractivity contribution in [2.75, 3.05) is 0 Å². The van der Waals surface area contributed by atoms with Crippen LogP contribution in [0.5, 0.6) is 5.75 Å². The van der Waals surface area contributed by atoms with Gasteiger partial charge in [-0.1, -0.05) is 69.7 Å². The molecule has 3 rings (SSSR count). The van der Waals surface area contributed by atoms with E-state index in [4.69, 9.17) is 0 Å². The molecule has 0 saturated carbocycles. The molecular weight excluding hydrogens is 400 g/mol. The predicted molar refractivity (Wildman–Crippen MR) is 130 cm³/mol. The lowest BCUT2D eigenvalue weighted by atomic mass is 10.1. The molecule has 2 aromatic carbocycles. The van der Waals surface area contributed by atoms with Crippen molar-refractivity contribution in [3.63, 3.8) is 0 Å². The van der Waals surface area contributed by atoms with Gasteiger partial charge in [-0.15, -0.1) is 0 Å². The third kappa shape index (κ3) is 6.16. The maximum Gasteiger partial charge on any atom is 0.311 e. The van der Waals surface area contributed by atoms with E-state index in [1.165, 1.54) is 61.9 Å². The molecule has 0 amide bonds. The van der Waals surface area contributed by atoms with Gasteiger partial charge in [-0.05, 0) is 24.6 Å². The molecule has 1 aromatic heterocycles. The lowest BCUT2D eigenvalue weighted by Crippen LogP contribution is -2.38. The number of hydrogen-bond donors (Lipinski definition) is 1. The summed E-state index contributed by atoms with van der Waals surface area (Å²) in [7, 11) is 0. The third-order valence-corrected chi connectivity index (χ3v) is 5.88. The highest BCUT2D eigenvalue weighted by Gasteiger charge is 2.16. The number of unbranched alkanes of at least 4 members (excludes halogenated alkanes) is 7. The van der Waals surface area contributed by atoms with Gasteiger partial charge in [-0.3, -0.25) is 10.1 Å². The van der Waals surface area contributed by atoms with Crippen LogP contribution in [0.2, 0.25) is 0 Å². The van der Waals surface area contributed by atoms with Crippen LogP contribution in [-0.4, -0.2) is 10.0 Å². The Hall–Kier alpha value is -3.21. The van der Waals surface area contributed by atoms with Crippen molar-refractivity contribution < 1.29 is 14.6 Å². The van der Waals surface area contributed by atoms with Crippen LogP contribution in [0.4, 0.5) is 5.69 Å². The Kier molecular flexibility index (Phi) is 8.79. The molecule has 3 aromatic rings. The molecule has 0 aliphatic heterocycles. The fourth-order valence-corrected chi connectivity index (χ4v) is 4.08. The number of aromatic nitrogens is 1. The maximum absolute atomic E-state index is 11.1. The summed E-state index contributed by atoms with van der Waals surface area (Å²) in [5.74, 6) is -0.302. The van der Waals surface area contributed by atoms with Crippen molar-refractivity contribution in [1.82, 2.24) is 0 Å². The number of phenols is 1. The summed E-state index contributed by atoms with van der Waals surface area (Å²) in [6.45, 7) is 3.16. The highest BCUT2D eigenvalue weighted by Crippen LogP contribution is 2.30. The highest BCUT2D eigenvalue weighted by atomic mass is 16.6. The lowest BCUT2D eigenvalue weighted by Gasteiger charge is -2.06. The van der Waals surface area contributed by atoms with Crippen molar-refractivity contribution in [3.8, 4) is 5.75 Å². The van der Waals surface area contributed by atoms with E-state index in [9.17, 15) is 15.2 Å². The predicted octanol–water partition coefficient (Wildman–Crippen LogP) is 7.05. The highest BCUT2D eigenvalue weighted by molar-refractivity contribution is 5.78. The summed E-state index contributed by atoms with van der Waals surface area (Å²) in [5.41, 5.74) is 2.34. The average Bonchev–Trinajstić information content (AvgIpc) is 2.80. The van der Waals surface area contributed by atoms with Crippen molar-refractivity contribution in [2.24, 2.45) is 0 Å². The zero-order valence-corrected chi connectivity index (χ0v) is 18.9. The normalized spacial score (nSPS) is 11.4. The fraction of sp³-hybridized carbons (Fsp3) is 0.370. The van der Waals surface area contributed by atoms with Gasteiger partial charge in [0.2, 0.25) is 17.0 Å². The van der Waals surface area contributed by atoms with Crippen LogP contribution in [0.15, 0.2) is 54.6 Å². The lowest BCUT2D eigenvalue weighted by molar-refractivity contribution is -0.673. The van der Waals surface area contributed by atoms with Gasteiger partial charge in [0, 0.05) is 41.6 Å². The van der Waals surface area contributed by atoms with E-state index < -0.39 is 4.92 Å². The number of aryl methyl sites for hydroxylation is 1. The van der Waals surface area contributed by atoms with Crippen LogP contribution in [0, 0.1) is 10.1 Å². The minimum absolute atomic E-state index is 0.280. The molecule has 0 spiro atoms. The first-order valence-corrected chi connectivity index (χ1v) is 11.7. The molecule has 0 fully saturated rings. The monoisotopic (exact) mass is 433 g/mol. The molecule has 1 heterocycles. The van der Waals surface area contributed by atoms with Gasteiger partial charge in [-0.2, -0.15) is 4.57 Å². The van der Waals surface area contributed by atoms with Gasteiger partial charge in [0.1, 0.15) is 6.54 Å². The Morgan fingerprint density at radius 3 is 2.34 bits per heavy atom. The molecule has 0 unspecified atom stereocenters. The van der Waals surface area contributed by atoms with E-state index in [-0.39, 0.29) is 11.4 Å². The van der Waals surface area contributed by atoms with Crippen molar-refractivity contribution in [1.29, 1.82) is 0 Å².